The molecule has 0 aromatic heterocycles. The van der Waals surface area contributed by atoms with Gasteiger partial charge < -0.3 is 5.32 Å². The van der Waals surface area contributed by atoms with E-state index in [1.165, 1.54) is 0 Å². The zero-order chi connectivity index (χ0) is 17.4. The predicted octanol–water partition coefficient (Wildman–Crippen LogP) is 2.27. The van der Waals surface area contributed by atoms with Gasteiger partial charge >= 0.3 is 0 Å². The highest BCUT2D eigenvalue weighted by Gasteiger charge is 2.55. The minimum Gasteiger partial charge on any atom is -0.325 e. The third-order valence-corrected chi connectivity index (χ3v) is 5.12. The molecule has 0 saturated carbocycles. The fraction of sp³-hybridized carbons (Fsp3) is 0.250. The van der Waals surface area contributed by atoms with E-state index in [-0.39, 0.29) is 30.7 Å². The summed E-state index contributed by atoms with van der Waals surface area (Å²) in [4.78, 5) is 38.8. The molecule has 1 aliphatic heterocycles. The van der Waals surface area contributed by atoms with E-state index in [0.29, 0.717) is 12.1 Å². The van der Waals surface area contributed by atoms with Crippen LogP contribution in [0, 0.1) is 0 Å². The molecular weight excluding hydrogens is 316 g/mol. The number of nitrogens with one attached hydrogen (secondary N) is 1. The predicted molar refractivity (Wildman–Crippen MR) is 92.8 cm³/mol. The molecule has 3 amide bonds. The SMILES string of the molecule is O=C(CN1C(=O)C[C@@]2(CCc3ccccc32)C1=O)Nc1ccccc1. The summed E-state index contributed by atoms with van der Waals surface area (Å²) in [6, 6.07) is 16.8. The van der Waals surface area contributed by atoms with Crippen molar-refractivity contribution in [2.75, 3.05) is 11.9 Å². The topological polar surface area (TPSA) is 66.5 Å². The van der Waals surface area contributed by atoms with Crippen molar-refractivity contribution in [2.45, 2.75) is 24.7 Å². The third-order valence-electron chi connectivity index (χ3n) is 5.12. The highest BCUT2D eigenvalue weighted by Crippen LogP contribution is 2.46. The molecule has 1 heterocycles. The van der Waals surface area contributed by atoms with Crippen LogP contribution in [0.15, 0.2) is 54.6 Å². The molecule has 2 aliphatic rings. The molecule has 0 unspecified atom stereocenters. The van der Waals surface area contributed by atoms with Crippen molar-refractivity contribution < 1.29 is 14.4 Å². The van der Waals surface area contributed by atoms with Gasteiger partial charge in [0, 0.05) is 12.1 Å². The maximum Gasteiger partial charge on any atom is 0.244 e. The number of likely N-dealkylation sites (tertiary alicyclic amines) is 1. The normalized spacial score (nSPS) is 21.7. The van der Waals surface area contributed by atoms with Gasteiger partial charge in [-0.25, -0.2) is 0 Å². The van der Waals surface area contributed by atoms with E-state index in [4.69, 9.17) is 0 Å². The smallest absolute Gasteiger partial charge is 0.244 e. The van der Waals surface area contributed by atoms with Crippen LogP contribution in [0.2, 0.25) is 0 Å². The first-order chi connectivity index (χ1) is 12.1. The number of para-hydroxylation sites is 1. The van der Waals surface area contributed by atoms with E-state index in [1.54, 1.807) is 12.1 Å². The van der Waals surface area contributed by atoms with Gasteiger partial charge in [-0.15, -0.1) is 0 Å². The van der Waals surface area contributed by atoms with Crippen LogP contribution in [0.5, 0.6) is 0 Å². The summed E-state index contributed by atoms with van der Waals surface area (Å²) in [5.41, 5.74) is 1.94. The Hall–Kier alpha value is -2.95. The van der Waals surface area contributed by atoms with E-state index >= 15 is 0 Å². The quantitative estimate of drug-likeness (QED) is 0.876. The molecule has 5 heteroatoms. The lowest BCUT2D eigenvalue weighted by Gasteiger charge is -2.22. The Balaban J connectivity index is 1.54. The van der Waals surface area contributed by atoms with E-state index < -0.39 is 5.41 Å². The van der Waals surface area contributed by atoms with Crippen LogP contribution >= 0.6 is 0 Å². The van der Waals surface area contributed by atoms with Crippen LogP contribution in [0.25, 0.3) is 0 Å². The molecule has 0 bridgehead atoms. The van der Waals surface area contributed by atoms with Crippen molar-refractivity contribution in [3.63, 3.8) is 0 Å². The standard InChI is InChI=1S/C20H18N2O3/c23-17(21-15-7-2-1-3-8-15)13-22-18(24)12-20(19(22)25)11-10-14-6-4-5-9-16(14)20/h1-9H,10-13H2,(H,21,23)/t20-/m1/s1. The van der Waals surface area contributed by atoms with E-state index in [1.807, 2.05) is 42.5 Å². The number of hydrogen-bond acceptors (Lipinski definition) is 3. The second-order valence-corrected chi connectivity index (χ2v) is 6.62. The molecule has 2 aromatic carbocycles. The third kappa shape index (κ3) is 2.52. The number of nitrogens with zero attached hydrogens (tertiary/aromatic N) is 1. The van der Waals surface area contributed by atoms with Crippen molar-refractivity contribution in [1.82, 2.24) is 4.90 Å². The number of fused-ring (bicyclic) bond motifs is 2. The summed E-state index contributed by atoms with van der Waals surface area (Å²) in [5, 5.41) is 2.72. The lowest BCUT2D eigenvalue weighted by Crippen LogP contribution is -2.41. The highest BCUT2D eigenvalue weighted by molar-refractivity contribution is 6.12. The van der Waals surface area contributed by atoms with Crippen molar-refractivity contribution in [3.05, 3.63) is 65.7 Å². The Morgan fingerprint density at radius 3 is 2.56 bits per heavy atom. The monoisotopic (exact) mass is 334 g/mol. The highest BCUT2D eigenvalue weighted by atomic mass is 16.2. The number of amides is 3. The summed E-state index contributed by atoms with van der Waals surface area (Å²) in [6.45, 7) is -0.240. The molecule has 25 heavy (non-hydrogen) atoms. The fourth-order valence-electron chi connectivity index (χ4n) is 3.92. The van der Waals surface area contributed by atoms with Gasteiger partial charge in [-0.2, -0.15) is 0 Å². The number of rotatable bonds is 3. The average Bonchev–Trinajstić information content (AvgIpc) is 3.10. The average molecular weight is 334 g/mol. The van der Waals surface area contributed by atoms with Gasteiger partial charge in [0.15, 0.2) is 0 Å². The van der Waals surface area contributed by atoms with E-state index in [9.17, 15) is 14.4 Å². The zero-order valence-electron chi connectivity index (χ0n) is 13.7. The molecule has 1 fully saturated rings. The van der Waals surface area contributed by atoms with Crippen LogP contribution in [-0.2, 0) is 26.2 Å². The molecular formula is C20H18N2O3. The number of carbonyl (C=O) groups excluding carboxylic acids is 3. The number of anilines is 1. The fourth-order valence-corrected chi connectivity index (χ4v) is 3.92. The van der Waals surface area contributed by atoms with Crippen molar-refractivity contribution in [3.8, 4) is 0 Å². The van der Waals surface area contributed by atoms with E-state index in [0.717, 1.165) is 22.4 Å². The van der Waals surface area contributed by atoms with Gasteiger partial charge in [0.2, 0.25) is 17.7 Å². The second kappa shape index (κ2) is 5.84. The Labute approximate surface area is 145 Å². The lowest BCUT2D eigenvalue weighted by atomic mass is 9.80. The summed E-state index contributed by atoms with van der Waals surface area (Å²) in [6.07, 6.45) is 1.58. The van der Waals surface area contributed by atoms with Gasteiger partial charge in [-0.3, -0.25) is 19.3 Å². The minimum absolute atomic E-state index is 0.154. The van der Waals surface area contributed by atoms with Crippen molar-refractivity contribution >= 4 is 23.4 Å². The number of imide groups is 1. The van der Waals surface area contributed by atoms with Crippen LogP contribution in [0.1, 0.15) is 24.0 Å². The summed E-state index contributed by atoms with van der Waals surface area (Å²) in [5.74, 6) is -0.883. The molecule has 1 spiro atoms. The molecule has 0 radical (unpaired) electrons. The number of carbonyl (C=O) groups is 3. The summed E-state index contributed by atoms with van der Waals surface area (Å²) in [7, 11) is 0. The molecule has 2 aromatic rings. The first-order valence-corrected chi connectivity index (χ1v) is 8.38. The summed E-state index contributed by atoms with van der Waals surface area (Å²) < 4.78 is 0. The first-order valence-electron chi connectivity index (χ1n) is 8.38. The number of hydrogen-bond donors (Lipinski definition) is 1. The first kappa shape index (κ1) is 15.6. The Kier molecular flexibility index (Phi) is 3.64. The number of aryl methyl sites for hydroxylation is 1. The van der Waals surface area contributed by atoms with Crippen molar-refractivity contribution in [2.24, 2.45) is 0 Å². The largest absolute Gasteiger partial charge is 0.325 e. The lowest BCUT2D eigenvalue weighted by molar-refractivity contribution is -0.142. The second-order valence-electron chi connectivity index (χ2n) is 6.62. The number of benzene rings is 2. The Morgan fingerprint density at radius 2 is 1.76 bits per heavy atom. The van der Waals surface area contributed by atoms with Gasteiger partial charge in [-0.1, -0.05) is 42.5 Å². The zero-order valence-corrected chi connectivity index (χ0v) is 13.7. The Morgan fingerprint density at radius 1 is 1.04 bits per heavy atom. The molecule has 4 rings (SSSR count). The van der Waals surface area contributed by atoms with Gasteiger partial charge in [0.1, 0.15) is 6.54 Å². The van der Waals surface area contributed by atoms with Crippen LogP contribution in [0.4, 0.5) is 5.69 Å². The maximum atomic E-state index is 13.0. The van der Waals surface area contributed by atoms with Gasteiger partial charge in [0.25, 0.3) is 0 Å². The maximum absolute atomic E-state index is 13.0. The molecule has 1 aliphatic carbocycles. The van der Waals surface area contributed by atoms with Gasteiger partial charge in [0.05, 0.1) is 5.41 Å². The van der Waals surface area contributed by atoms with Gasteiger partial charge in [-0.05, 0) is 36.1 Å². The summed E-state index contributed by atoms with van der Waals surface area (Å²) >= 11 is 0. The molecule has 1 atom stereocenters. The molecule has 1 saturated heterocycles. The van der Waals surface area contributed by atoms with Crippen LogP contribution in [-0.4, -0.2) is 29.2 Å². The Bertz CT molecular complexity index is 862. The minimum atomic E-state index is -0.777. The molecule has 5 nitrogen and oxygen atoms in total. The van der Waals surface area contributed by atoms with Crippen LogP contribution < -0.4 is 5.32 Å². The molecule has 1 N–H and O–H groups in total. The van der Waals surface area contributed by atoms with Crippen LogP contribution in [0.3, 0.4) is 0 Å². The molecule has 126 valence electrons. The van der Waals surface area contributed by atoms with E-state index in [2.05, 4.69) is 5.32 Å². The van der Waals surface area contributed by atoms with Crippen molar-refractivity contribution in [1.29, 1.82) is 0 Å².